The molecule has 1 amide bonds. The van der Waals surface area contributed by atoms with Crippen LogP contribution in [-0.4, -0.2) is 30.9 Å². The van der Waals surface area contributed by atoms with Crippen LogP contribution in [0.5, 0.6) is 0 Å². The van der Waals surface area contributed by atoms with Gasteiger partial charge in [-0.1, -0.05) is 165 Å². The summed E-state index contributed by atoms with van der Waals surface area (Å²) in [4.78, 5) is 25.2. The number of amides is 1. The fourth-order valence-electron chi connectivity index (χ4n) is 7.55. The smallest absolute Gasteiger partial charge is 0.223 e. The van der Waals surface area contributed by atoms with Crippen LogP contribution >= 0.6 is 0 Å². The van der Waals surface area contributed by atoms with Crippen LogP contribution in [0.15, 0.2) is 48.5 Å². The van der Waals surface area contributed by atoms with Crippen LogP contribution in [0.25, 0.3) is 21.9 Å². The summed E-state index contributed by atoms with van der Waals surface area (Å²) in [5, 5.41) is 1.08. The van der Waals surface area contributed by atoms with Crippen LogP contribution in [0.1, 0.15) is 180 Å². The molecule has 0 aliphatic carbocycles. The van der Waals surface area contributed by atoms with Crippen molar-refractivity contribution in [2.24, 2.45) is 0 Å². The lowest BCUT2D eigenvalue weighted by molar-refractivity contribution is -0.136. The molecule has 286 valence electrons. The number of aryl methyl sites for hydroxylation is 1. The average Bonchev–Trinajstić information content (AvgIpc) is 3.49. The maximum atomic E-state index is 13.5. The van der Waals surface area contributed by atoms with Gasteiger partial charge in [-0.05, 0) is 50.8 Å². The van der Waals surface area contributed by atoms with Crippen molar-refractivity contribution in [3.8, 4) is 0 Å². The van der Waals surface area contributed by atoms with Crippen molar-refractivity contribution < 1.29 is 4.79 Å². The van der Waals surface area contributed by atoms with Crippen molar-refractivity contribution in [2.75, 3.05) is 5.73 Å². The molecular weight excluding hydrogens is 639 g/mol. The van der Waals surface area contributed by atoms with E-state index in [0.717, 1.165) is 65.4 Å². The van der Waals surface area contributed by atoms with Crippen LogP contribution in [-0.2, 0) is 24.3 Å². The minimum absolute atomic E-state index is 0.233. The molecule has 2 heterocycles. The number of carbonyl (C=O) groups is 1. The zero-order chi connectivity index (χ0) is 37.2. The number of nitrogen functional groups attached to an aromatic ring is 1. The molecule has 0 saturated heterocycles. The summed E-state index contributed by atoms with van der Waals surface area (Å²) in [6.07, 6.45) is 26.7. The third-order valence-corrected chi connectivity index (χ3v) is 10.8. The van der Waals surface area contributed by atoms with Crippen molar-refractivity contribution in [3.63, 3.8) is 0 Å². The molecular formula is C46H71N5O. The molecule has 4 rings (SSSR count). The molecule has 0 spiro atoms. The number of unbranched alkanes of at least 4 members (excludes halogenated alkanes) is 17. The molecule has 2 N–H and O–H groups in total. The normalized spacial score (nSPS) is 11.9. The predicted octanol–water partition coefficient (Wildman–Crippen LogP) is 12.7. The molecule has 4 aromatic rings. The van der Waals surface area contributed by atoms with E-state index in [4.69, 9.17) is 10.7 Å². The number of fused-ring (bicyclic) bond motifs is 3. The number of para-hydroxylation sites is 1. The van der Waals surface area contributed by atoms with Gasteiger partial charge in [-0.15, -0.1) is 0 Å². The summed E-state index contributed by atoms with van der Waals surface area (Å²) >= 11 is 0. The Morgan fingerprint density at radius 1 is 0.673 bits per heavy atom. The monoisotopic (exact) mass is 710 g/mol. The highest BCUT2D eigenvalue weighted by atomic mass is 16.2. The maximum Gasteiger partial charge on any atom is 0.223 e. The molecule has 0 unspecified atom stereocenters. The fraction of sp³-hybridized carbons (Fsp3) is 0.630. The van der Waals surface area contributed by atoms with Gasteiger partial charge in [-0.2, -0.15) is 0 Å². The van der Waals surface area contributed by atoms with E-state index in [1.54, 1.807) is 0 Å². The van der Waals surface area contributed by atoms with Gasteiger partial charge in [-0.25, -0.2) is 9.97 Å². The van der Waals surface area contributed by atoms with Crippen molar-refractivity contribution in [2.45, 2.75) is 188 Å². The number of hydrogen-bond donors (Lipinski definition) is 1. The molecule has 0 saturated carbocycles. The Morgan fingerprint density at radius 2 is 1.19 bits per heavy atom. The van der Waals surface area contributed by atoms with Crippen LogP contribution in [0, 0.1) is 0 Å². The van der Waals surface area contributed by atoms with Crippen LogP contribution < -0.4 is 5.73 Å². The van der Waals surface area contributed by atoms with E-state index >= 15 is 0 Å². The molecule has 0 aliphatic rings. The number of imidazole rings is 1. The van der Waals surface area contributed by atoms with Crippen LogP contribution in [0.4, 0.5) is 5.82 Å². The third-order valence-electron chi connectivity index (χ3n) is 10.8. The highest BCUT2D eigenvalue weighted by Gasteiger charge is 2.26. The molecule has 0 bridgehead atoms. The highest BCUT2D eigenvalue weighted by molar-refractivity contribution is 6.06. The Balaban J connectivity index is 1.21. The third kappa shape index (κ3) is 12.9. The van der Waals surface area contributed by atoms with Crippen molar-refractivity contribution in [1.29, 1.82) is 0 Å². The molecule has 0 fully saturated rings. The Kier molecular flexibility index (Phi) is 17.5. The number of carbonyl (C=O) groups excluding carboxylic acids is 1. The first-order valence-electron chi connectivity index (χ1n) is 21.1. The van der Waals surface area contributed by atoms with Crippen LogP contribution in [0.3, 0.4) is 0 Å². The van der Waals surface area contributed by atoms with Gasteiger partial charge in [0.25, 0.3) is 0 Å². The topological polar surface area (TPSA) is 77.0 Å². The number of rotatable bonds is 25. The standard InChI is InChI=1S/C46H71N5O/c1-6-8-10-11-12-13-14-15-16-17-18-19-20-21-22-23-24-30-42(52)51(46(3,4)5)36-38-33-31-37(32-34-38)35-50-41(29-9-7-2)49-43-44(50)39-27-25-26-28-40(39)48-45(43)47/h25-28,31-34H,6-24,29-30,35-36H2,1-5H3,(H2,47,48). The van der Waals surface area contributed by atoms with Gasteiger partial charge < -0.3 is 15.2 Å². The summed E-state index contributed by atoms with van der Waals surface area (Å²) < 4.78 is 2.34. The largest absolute Gasteiger partial charge is 0.382 e. The number of anilines is 1. The molecule has 6 nitrogen and oxygen atoms in total. The minimum atomic E-state index is -0.233. The van der Waals surface area contributed by atoms with Gasteiger partial charge >= 0.3 is 0 Å². The van der Waals surface area contributed by atoms with Gasteiger partial charge in [0.2, 0.25) is 5.91 Å². The first kappa shape index (κ1) is 41.3. The predicted molar refractivity (Wildman–Crippen MR) is 223 cm³/mol. The van der Waals surface area contributed by atoms with Gasteiger partial charge in [0.1, 0.15) is 11.3 Å². The van der Waals surface area contributed by atoms with E-state index in [2.05, 4.69) is 85.5 Å². The van der Waals surface area contributed by atoms with E-state index in [-0.39, 0.29) is 11.4 Å². The van der Waals surface area contributed by atoms with E-state index in [9.17, 15) is 4.79 Å². The Morgan fingerprint density at radius 3 is 1.75 bits per heavy atom. The second-order valence-corrected chi connectivity index (χ2v) is 16.3. The van der Waals surface area contributed by atoms with Crippen molar-refractivity contribution >= 4 is 33.7 Å². The summed E-state index contributed by atoms with van der Waals surface area (Å²) in [5.41, 5.74) is 11.3. The molecule has 2 aromatic carbocycles. The number of nitrogens with two attached hydrogens (primary N) is 1. The molecule has 0 atom stereocenters. The summed E-state index contributed by atoms with van der Waals surface area (Å²) in [6, 6.07) is 17.0. The number of pyridine rings is 1. The molecule has 52 heavy (non-hydrogen) atoms. The number of aromatic nitrogens is 3. The van der Waals surface area contributed by atoms with E-state index < -0.39 is 0 Å². The maximum absolute atomic E-state index is 13.5. The first-order chi connectivity index (χ1) is 25.2. The van der Waals surface area contributed by atoms with E-state index in [1.165, 1.54) is 102 Å². The Labute approximate surface area is 316 Å². The molecule has 0 aliphatic heterocycles. The quantitative estimate of drug-likeness (QED) is 0.0695. The second-order valence-electron chi connectivity index (χ2n) is 16.3. The molecule has 6 heteroatoms. The number of hydrogen-bond acceptors (Lipinski definition) is 4. The average molecular weight is 710 g/mol. The molecule has 2 aromatic heterocycles. The zero-order valence-electron chi connectivity index (χ0n) is 33.7. The summed E-state index contributed by atoms with van der Waals surface area (Å²) in [5.74, 6) is 1.81. The van der Waals surface area contributed by atoms with Gasteiger partial charge in [-0.3, -0.25) is 4.79 Å². The van der Waals surface area contributed by atoms with Crippen molar-refractivity contribution in [1.82, 2.24) is 19.4 Å². The van der Waals surface area contributed by atoms with Crippen LogP contribution in [0.2, 0.25) is 0 Å². The number of benzene rings is 2. The van der Waals surface area contributed by atoms with E-state index in [1.807, 2.05) is 12.1 Å². The van der Waals surface area contributed by atoms with Gasteiger partial charge in [0.15, 0.2) is 5.82 Å². The zero-order valence-corrected chi connectivity index (χ0v) is 33.7. The fourth-order valence-corrected chi connectivity index (χ4v) is 7.55. The summed E-state index contributed by atoms with van der Waals surface area (Å²) in [7, 11) is 0. The SMILES string of the molecule is CCCCCCCCCCCCCCCCCCCC(=O)N(Cc1ccc(Cn2c(CCCC)nc3c(N)nc4ccccc4c32)cc1)C(C)(C)C. The lowest BCUT2D eigenvalue weighted by atomic mass is 10.0. The van der Waals surface area contributed by atoms with Gasteiger partial charge in [0, 0.05) is 36.9 Å². The van der Waals surface area contributed by atoms with E-state index in [0.29, 0.717) is 25.3 Å². The molecule has 0 radical (unpaired) electrons. The summed E-state index contributed by atoms with van der Waals surface area (Å²) in [6.45, 7) is 12.3. The minimum Gasteiger partial charge on any atom is -0.382 e. The van der Waals surface area contributed by atoms with Crippen molar-refractivity contribution in [3.05, 3.63) is 65.5 Å². The Hall–Kier alpha value is -3.41. The highest BCUT2D eigenvalue weighted by Crippen LogP contribution is 2.30. The second kappa shape index (κ2) is 22.0. The lowest BCUT2D eigenvalue weighted by Gasteiger charge is -2.36. The first-order valence-corrected chi connectivity index (χ1v) is 21.1. The Bertz CT molecular complexity index is 1620. The van der Waals surface area contributed by atoms with Gasteiger partial charge in [0.05, 0.1) is 11.0 Å². The lowest BCUT2D eigenvalue weighted by Crippen LogP contribution is -2.45. The number of nitrogens with zero attached hydrogens (tertiary/aromatic N) is 4.